The van der Waals surface area contributed by atoms with Gasteiger partial charge in [0.15, 0.2) is 6.10 Å². The molecule has 98 valence electrons. The predicted molar refractivity (Wildman–Crippen MR) is 70.7 cm³/mol. The van der Waals surface area contributed by atoms with E-state index in [1.807, 2.05) is 0 Å². The molecule has 18 heavy (non-hydrogen) atoms. The van der Waals surface area contributed by atoms with Gasteiger partial charge in [0, 0.05) is 24.2 Å². The molecule has 5 heteroatoms. The lowest BCUT2D eigenvalue weighted by Gasteiger charge is -2.21. The molecule has 2 rings (SSSR count). The Bertz CT molecular complexity index is 422. The lowest BCUT2D eigenvalue weighted by atomic mass is 10.3. The lowest BCUT2D eigenvalue weighted by Crippen LogP contribution is -2.40. The SMILES string of the molecule is C[C@@H](Oc1ccc(Cl)cc1)C(=O)N1CC[C@@H](N)C1. The molecule has 0 spiro atoms. The molecule has 0 bridgehead atoms. The third kappa shape index (κ3) is 3.15. The standard InChI is InChI=1S/C13H17ClN2O2/c1-9(13(17)16-7-6-11(15)8-16)18-12-4-2-10(14)3-5-12/h2-5,9,11H,6-8,15H2,1H3/t9-,11-/m1/s1. The predicted octanol–water partition coefficient (Wildman–Crippen LogP) is 1.67. The van der Waals surface area contributed by atoms with Crippen LogP contribution in [0, 0.1) is 0 Å². The molecule has 2 N–H and O–H groups in total. The van der Waals surface area contributed by atoms with Crippen molar-refractivity contribution >= 4 is 17.5 Å². The Balaban J connectivity index is 1.93. The number of halogens is 1. The Morgan fingerprint density at radius 1 is 1.50 bits per heavy atom. The summed E-state index contributed by atoms with van der Waals surface area (Å²) in [5, 5.41) is 0.645. The van der Waals surface area contributed by atoms with Crippen molar-refractivity contribution in [1.82, 2.24) is 4.90 Å². The number of carbonyl (C=O) groups is 1. The summed E-state index contributed by atoms with van der Waals surface area (Å²) in [6.07, 6.45) is 0.357. The highest BCUT2D eigenvalue weighted by molar-refractivity contribution is 6.30. The quantitative estimate of drug-likeness (QED) is 0.907. The van der Waals surface area contributed by atoms with E-state index >= 15 is 0 Å². The van der Waals surface area contributed by atoms with Crippen molar-refractivity contribution in [3.05, 3.63) is 29.3 Å². The molecule has 1 aliphatic rings. The van der Waals surface area contributed by atoms with Gasteiger partial charge >= 0.3 is 0 Å². The van der Waals surface area contributed by atoms with Gasteiger partial charge in [-0.15, -0.1) is 0 Å². The zero-order valence-electron chi connectivity index (χ0n) is 10.3. The maximum atomic E-state index is 12.1. The topological polar surface area (TPSA) is 55.6 Å². The highest BCUT2D eigenvalue weighted by Crippen LogP contribution is 2.18. The number of nitrogens with two attached hydrogens (primary N) is 1. The number of nitrogens with zero attached hydrogens (tertiary/aromatic N) is 1. The van der Waals surface area contributed by atoms with Crippen molar-refractivity contribution < 1.29 is 9.53 Å². The van der Waals surface area contributed by atoms with Crippen LogP contribution in [-0.2, 0) is 4.79 Å². The third-order valence-corrected chi connectivity index (χ3v) is 3.26. The average molecular weight is 269 g/mol. The van der Waals surface area contributed by atoms with Crippen molar-refractivity contribution in [3.63, 3.8) is 0 Å². The number of amides is 1. The first-order valence-corrected chi connectivity index (χ1v) is 6.40. The van der Waals surface area contributed by atoms with Gasteiger partial charge in [-0.25, -0.2) is 0 Å². The molecule has 1 amide bonds. The fourth-order valence-corrected chi connectivity index (χ4v) is 2.14. The second-order valence-electron chi connectivity index (χ2n) is 4.55. The van der Waals surface area contributed by atoms with Crippen LogP contribution in [-0.4, -0.2) is 36.0 Å². The summed E-state index contributed by atoms with van der Waals surface area (Å²) < 4.78 is 5.59. The van der Waals surface area contributed by atoms with E-state index in [0.29, 0.717) is 23.9 Å². The van der Waals surface area contributed by atoms with Gasteiger partial charge in [-0.05, 0) is 37.6 Å². The minimum absolute atomic E-state index is 0.0158. The van der Waals surface area contributed by atoms with Crippen molar-refractivity contribution in [1.29, 1.82) is 0 Å². The van der Waals surface area contributed by atoms with E-state index in [0.717, 1.165) is 6.42 Å². The van der Waals surface area contributed by atoms with Gasteiger partial charge in [-0.3, -0.25) is 4.79 Å². The second-order valence-corrected chi connectivity index (χ2v) is 4.98. The first-order valence-electron chi connectivity index (χ1n) is 6.03. The summed E-state index contributed by atoms with van der Waals surface area (Å²) in [6, 6.07) is 7.07. The number of carbonyl (C=O) groups excluding carboxylic acids is 1. The van der Waals surface area contributed by atoms with E-state index in [4.69, 9.17) is 22.1 Å². The number of benzene rings is 1. The molecule has 1 fully saturated rings. The molecular formula is C13H17ClN2O2. The van der Waals surface area contributed by atoms with Gasteiger partial charge in [0.2, 0.25) is 0 Å². The molecule has 0 unspecified atom stereocenters. The first kappa shape index (κ1) is 13.2. The molecule has 1 aliphatic heterocycles. The van der Waals surface area contributed by atoms with Gasteiger partial charge in [0.05, 0.1) is 0 Å². The highest BCUT2D eigenvalue weighted by atomic mass is 35.5. The van der Waals surface area contributed by atoms with E-state index in [-0.39, 0.29) is 11.9 Å². The normalized spacial score (nSPS) is 20.8. The Kier molecular flexibility index (Phi) is 4.09. The summed E-state index contributed by atoms with van der Waals surface area (Å²) >= 11 is 5.79. The average Bonchev–Trinajstić information content (AvgIpc) is 2.78. The number of likely N-dealkylation sites (tertiary alicyclic amines) is 1. The molecule has 1 heterocycles. The summed E-state index contributed by atoms with van der Waals surface area (Å²) in [5.41, 5.74) is 5.78. The number of hydrogen-bond acceptors (Lipinski definition) is 3. The molecule has 4 nitrogen and oxygen atoms in total. The second kappa shape index (κ2) is 5.59. The van der Waals surface area contributed by atoms with Crippen molar-refractivity contribution in [2.75, 3.05) is 13.1 Å². The maximum Gasteiger partial charge on any atom is 0.263 e. The minimum Gasteiger partial charge on any atom is -0.481 e. The van der Waals surface area contributed by atoms with E-state index in [1.54, 1.807) is 36.1 Å². The van der Waals surface area contributed by atoms with E-state index in [1.165, 1.54) is 0 Å². The van der Waals surface area contributed by atoms with E-state index in [9.17, 15) is 4.79 Å². The molecule has 1 aromatic carbocycles. The van der Waals surface area contributed by atoms with Crippen LogP contribution in [0.4, 0.5) is 0 Å². The van der Waals surface area contributed by atoms with Crippen LogP contribution in [0.3, 0.4) is 0 Å². The van der Waals surface area contributed by atoms with E-state index < -0.39 is 6.10 Å². The molecular weight excluding hydrogens is 252 g/mol. The van der Waals surface area contributed by atoms with Gasteiger partial charge in [0.25, 0.3) is 5.91 Å². The Morgan fingerprint density at radius 3 is 2.72 bits per heavy atom. The van der Waals surface area contributed by atoms with Gasteiger partial charge in [-0.2, -0.15) is 0 Å². The van der Waals surface area contributed by atoms with Crippen LogP contribution >= 0.6 is 11.6 Å². The zero-order chi connectivity index (χ0) is 13.1. The number of rotatable bonds is 3. The van der Waals surface area contributed by atoms with Crippen LogP contribution in [0.5, 0.6) is 5.75 Å². The Morgan fingerprint density at radius 2 is 2.17 bits per heavy atom. The maximum absolute atomic E-state index is 12.1. The van der Waals surface area contributed by atoms with Gasteiger partial charge < -0.3 is 15.4 Å². The highest BCUT2D eigenvalue weighted by Gasteiger charge is 2.28. The zero-order valence-corrected chi connectivity index (χ0v) is 11.1. The smallest absolute Gasteiger partial charge is 0.263 e. The Labute approximate surface area is 112 Å². The first-order chi connectivity index (χ1) is 8.56. The molecule has 1 saturated heterocycles. The number of ether oxygens (including phenoxy) is 1. The van der Waals surface area contributed by atoms with Crippen LogP contribution < -0.4 is 10.5 Å². The van der Waals surface area contributed by atoms with Crippen molar-refractivity contribution in [2.24, 2.45) is 5.73 Å². The third-order valence-electron chi connectivity index (χ3n) is 3.01. The van der Waals surface area contributed by atoms with Gasteiger partial charge in [0.1, 0.15) is 5.75 Å². The Hall–Kier alpha value is -1.26. The fraction of sp³-hybridized carbons (Fsp3) is 0.462. The lowest BCUT2D eigenvalue weighted by molar-refractivity contribution is -0.136. The summed E-state index contributed by atoms with van der Waals surface area (Å²) in [7, 11) is 0. The minimum atomic E-state index is -0.503. The largest absolute Gasteiger partial charge is 0.481 e. The van der Waals surface area contributed by atoms with Crippen molar-refractivity contribution in [3.8, 4) is 5.75 Å². The summed E-state index contributed by atoms with van der Waals surface area (Å²) in [6.45, 7) is 3.09. The van der Waals surface area contributed by atoms with E-state index in [2.05, 4.69) is 0 Å². The van der Waals surface area contributed by atoms with Crippen LogP contribution in [0.1, 0.15) is 13.3 Å². The summed E-state index contributed by atoms with van der Waals surface area (Å²) in [4.78, 5) is 13.8. The van der Waals surface area contributed by atoms with Gasteiger partial charge in [-0.1, -0.05) is 11.6 Å². The van der Waals surface area contributed by atoms with Crippen LogP contribution in [0.15, 0.2) is 24.3 Å². The molecule has 2 atom stereocenters. The number of hydrogen-bond donors (Lipinski definition) is 1. The van der Waals surface area contributed by atoms with Crippen LogP contribution in [0.2, 0.25) is 5.02 Å². The molecule has 1 aromatic rings. The molecule has 0 saturated carbocycles. The molecule has 0 radical (unpaired) electrons. The van der Waals surface area contributed by atoms with Crippen molar-refractivity contribution in [2.45, 2.75) is 25.5 Å². The molecule has 0 aliphatic carbocycles. The van der Waals surface area contributed by atoms with Crippen LogP contribution in [0.25, 0.3) is 0 Å². The molecule has 0 aromatic heterocycles. The monoisotopic (exact) mass is 268 g/mol. The summed E-state index contributed by atoms with van der Waals surface area (Å²) in [5.74, 6) is 0.627. The fourth-order valence-electron chi connectivity index (χ4n) is 2.01.